The molecule has 1 N–H and O–H groups in total. The van der Waals surface area contributed by atoms with Crippen LogP contribution in [0, 0.1) is 6.92 Å². The van der Waals surface area contributed by atoms with Crippen molar-refractivity contribution in [2.45, 2.75) is 49.7 Å². The minimum atomic E-state index is -0.251. The summed E-state index contributed by atoms with van der Waals surface area (Å²) in [5.74, 6) is 0.939. The molecule has 0 saturated heterocycles. The molecule has 2 aromatic heterocycles. The van der Waals surface area contributed by atoms with Gasteiger partial charge < -0.3 is 9.88 Å². The molecule has 1 amide bonds. The van der Waals surface area contributed by atoms with Gasteiger partial charge in [-0.3, -0.25) is 4.79 Å². The summed E-state index contributed by atoms with van der Waals surface area (Å²) in [5, 5.41) is 15.3. The van der Waals surface area contributed by atoms with Crippen molar-refractivity contribution in [3.05, 3.63) is 30.1 Å². The van der Waals surface area contributed by atoms with E-state index in [1.807, 2.05) is 42.8 Å². The summed E-state index contributed by atoms with van der Waals surface area (Å²) in [6.45, 7) is 5.11. The minimum Gasteiger partial charge on any atom is -0.353 e. The van der Waals surface area contributed by atoms with E-state index >= 15 is 0 Å². The number of thioether (sulfide) groups is 1. The maximum Gasteiger partial charge on any atom is 0.233 e. The third-order valence-electron chi connectivity index (χ3n) is 4.49. The van der Waals surface area contributed by atoms with Gasteiger partial charge >= 0.3 is 0 Å². The van der Waals surface area contributed by atoms with E-state index < -0.39 is 0 Å². The third-order valence-corrected chi connectivity index (χ3v) is 5.53. The molecule has 4 rings (SSSR count). The molecule has 1 unspecified atom stereocenters. The van der Waals surface area contributed by atoms with Gasteiger partial charge in [0, 0.05) is 13.1 Å². The molecule has 3 aromatic rings. The number of nitrogens with one attached hydrogen (secondary N) is 1. The highest BCUT2D eigenvalue weighted by Crippen LogP contribution is 2.37. The van der Waals surface area contributed by atoms with Gasteiger partial charge in [-0.1, -0.05) is 23.9 Å². The van der Waals surface area contributed by atoms with E-state index in [0.29, 0.717) is 24.3 Å². The first-order valence-electron chi connectivity index (χ1n) is 8.77. The third kappa shape index (κ3) is 3.44. The number of benzene rings is 1. The van der Waals surface area contributed by atoms with Crippen LogP contribution in [0.4, 0.5) is 0 Å². The fourth-order valence-electron chi connectivity index (χ4n) is 2.94. The first kappa shape index (κ1) is 17.0. The SMILES string of the molecule is Cc1nc2ccccc2n1CCNC(=O)C(C)Sc1nnnn1C1CC1. The summed E-state index contributed by atoms with van der Waals surface area (Å²) >= 11 is 1.40. The summed E-state index contributed by atoms with van der Waals surface area (Å²) in [6, 6.07) is 8.43. The molecule has 0 aliphatic heterocycles. The van der Waals surface area contributed by atoms with Crippen LogP contribution in [0.2, 0.25) is 0 Å². The van der Waals surface area contributed by atoms with Gasteiger partial charge in [0.05, 0.1) is 22.3 Å². The van der Waals surface area contributed by atoms with E-state index in [4.69, 9.17) is 0 Å². The molecular weight excluding hydrogens is 350 g/mol. The highest BCUT2D eigenvalue weighted by Gasteiger charge is 2.29. The monoisotopic (exact) mass is 371 g/mol. The Morgan fingerprint density at radius 2 is 2.19 bits per heavy atom. The molecule has 1 aromatic carbocycles. The van der Waals surface area contributed by atoms with Gasteiger partial charge in [-0.2, -0.15) is 0 Å². The Bertz CT molecular complexity index is 930. The van der Waals surface area contributed by atoms with Gasteiger partial charge in [-0.05, 0) is 49.2 Å². The first-order chi connectivity index (χ1) is 12.6. The number of hydrogen-bond acceptors (Lipinski definition) is 6. The number of tetrazole rings is 1. The van der Waals surface area contributed by atoms with Crippen molar-refractivity contribution in [2.75, 3.05) is 6.54 Å². The van der Waals surface area contributed by atoms with Crippen LogP contribution >= 0.6 is 11.8 Å². The molecule has 0 spiro atoms. The number of rotatable bonds is 7. The maximum absolute atomic E-state index is 12.4. The van der Waals surface area contributed by atoms with Crippen LogP contribution in [-0.4, -0.2) is 47.5 Å². The number of carbonyl (C=O) groups excluding carboxylic acids is 1. The molecule has 1 atom stereocenters. The summed E-state index contributed by atoms with van der Waals surface area (Å²) < 4.78 is 3.95. The van der Waals surface area contributed by atoms with Gasteiger partial charge in [0.25, 0.3) is 0 Å². The summed E-state index contributed by atoms with van der Waals surface area (Å²) in [4.78, 5) is 17.0. The molecular formula is C17H21N7OS. The van der Waals surface area contributed by atoms with E-state index in [9.17, 15) is 4.79 Å². The van der Waals surface area contributed by atoms with Crippen molar-refractivity contribution in [2.24, 2.45) is 0 Å². The number of hydrogen-bond donors (Lipinski definition) is 1. The summed E-state index contributed by atoms with van der Waals surface area (Å²) in [6.07, 6.45) is 2.22. The lowest BCUT2D eigenvalue weighted by Crippen LogP contribution is -2.33. The predicted molar refractivity (Wildman–Crippen MR) is 98.9 cm³/mol. The fourth-order valence-corrected chi connectivity index (χ4v) is 3.82. The summed E-state index contributed by atoms with van der Waals surface area (Å²) in [5.41, 5.74) is 2.07. The number of fused-ring (bicyclic) bond motifs is 1. The van der Waals surface area contributed by atoms with Crippen LogP contribution in [0.25, 0.3) is 11.0 Å². The van der Waals surface area contributed by atoms with Gasteiger partial charge in [0.1, 0.15) is 5.82 Å². The number of nitrogens with zero attached hydrogens (tertiary/aromatic N) is 6. The Kier molecular flexibility index (Phi) is 4.62. The van der Waals surface area contributed by atoms with Crippen LogP contribution in [0.5, 0.6) is 0 Å². The van der Waals surface area contributed by atoms with Crippen LogP contribution in [0.15, 0.2) is 29.4 Å². The Balaban J connectivity index is 1.33. The van der Waals surface area contributed by atoms with Crippen LogP contribution in [0.3, 0.4) is 0 Å². The Labute approximate surface area is 155 Å². The highest BCUT2D eigenvalue weighted by atomic mass is 32.2. The van der Waals surface area contributed by atoms with E-state index in [1.54, 1.807) is 0 Å². The quantitative estimate of drug-likeness (QED) is 0.639. The van der Waals surface area contributed by atoms with Crippen LogP contribution < -0.4 is 5.32 Å². The topological polar surface area (TPSA) is 90.5 Å². The maximum atomic E-state index is 12.4. The number of aromatic nitrogens is 6. The van der Waals surface area contributed by atoms with Crippen molar-refractivity contribution >= 4 is 28.7 Å². The molecule has 8 nitrogen and oxygen atoms in total. The average molecular weight is 371 g/mol. The van der Waals surface area contributed by atoms with E-state index in [0.717, 1.165) is 29.7 Å². The fraction of sp³-hybridized carbons (Fsp3) is 0.471. The van der Waals surface area contributed by atoms with Gasteiger partial charge in [0.2, 0.25) is 11.1 Å². The second-order valence-corrected chi connectivity index (χ2v) is 7.80. The second-order valence-electron chi connectivity index (χ2n) is 6.49. The van der Waals surface area contributed by atoms with Gasteiger partial charge in [-0.25, -0.2) is 9.67 Å². The van der Waals surface area contributed by atoms with Crippen molar-refractivity contribution < 1.29 is 4.79 Å². The van der Waals surface area contributed by atoms with E-state index in [-0.39, 0.29) is 11.2 Å². The smallest absolute Gasteiger partial charge is 0.233 e. The normalized spacial score (nSPS) is 15.3. The zero-order chi connectivity index (χ0) is 18.1. The number of carbonyl (C=O) groups is 1. The number of para-hydroxylation sites is 2. The molecule has 1 fully saturated rings. The van der Waals surface area contributed by atoms with E-state index in [2.05, 4.69) is 30.4 Å². The zero-order valence-corrected chi connectivity index (χ0v) is 15.6. The van der Waals surface area contributed by atoms with Gasteiger partial charge in [0.15, 0.2) is 0 Å². The average Bonchev–Trinajstić information content (AvgIpc) is 3.29. The van der Waals surface area contributed by atoms with Crippen LogP contribution in [0.1, 0.15) is 31.6 Å². The highest BCUT2D eigenvalue weighted by molar-refractivity contribution is 8.00. The minimum absolute atomic E-state index is 0.0116. The molecule has 26 heavy (non-hydrogen) atoms. The number of aryl methyl sites for hydroxylation is 1. The molecule has 136 valence electrons. The van der Waals surface area contributed by atoms with Crippen molar-refractivity contribution in [1.82, 2.24) is 35.1 Å². The number of imidazole rings is 1. The van der Waals surface area contributed by atoms with Crippen molar-refractivity contribution in [3.63, 3.8) is 0 Å². The lowest BCUT2D eigenvalue weighted by molar-refractivity contribution is -0.120. The standard InChI is InChI=1S/C17H21N7OS/c1-11(26-17-20-21-22-24(17)13-7-8-13)16(25)18-9-10-23-12(2)19-14-5-3-4-6-15(14)23/h3-6,11,13H,7-10H2,1-2H3,(H,18,25). The van der Waals surface area contributed by atoms with Crippen molar-refractivity contribution in [3.8, 4) is 0 Å². The molecule has 1 aliphatic rings. The Morgan fingerprint density at radius 1 is 1.38 bits per heavy atom. The summed E-state index contributed by atoms with van der Waals surface area (Å²) in [7, 11) is 0. The van der Waals surface area contributed by atoms with E-state index in [1.165, 1.54) is 11.8 Å². The lowest BCUT2D eigenvalue weighted by Gasteiger charge is -2.12. The molecule has 1 aliphatic carbocycles. The molecule has 9 heteroatoms. The first-order valence-corrected chi connectivity index (χ1v) is 9.65. The lowest BCUT2D eigenvalue weighted by atomic mass is 10.3. The molecule has 0 bridgehead atoms. The van der Waals surface area contributed by atoms with Gasteiger partial charge in [-0.15, -0.1) is 5.10 Å². The molecule has 2 heterocycles. The Hall–Kier alpha value is -2.42. The predicted octanol–water partition coefficient (Wildman–Crippen LogP) is 1.96. The molecule has 0 radical (unpaired) electrons. The van der Waals surface area contributed by atoms with Crippen molar-refractivity contribution in [1.29, 1.82) is 0 Å². The van der Waals surface area contributed by atoms with Crippen LogP contribution in [-0.2, 0) is 11.3 Å². The molecule has 1 saturated carbocycles. The zero-order valence-electron chi connectivity index (χ0n) is 14.8. The Morgan fingerprint density at radius 3 is 3.00 bits per heavy atom. The second kappa shape index (κ2) is 7.06. The largest absolute Gasteiger partial charge is 0.353 e. The number of amides is 1.